The van der Waals surface area contributed by atoms with Gasteiger partial charge >= 0.3 is 0 Å². The zero-order valence-corrected chi connectivity index (χ0v) is 12.9. The highest BCUT2D eigenvalue weighted by atomic mass is 127. The topological polar surface area (TPSA) is 44.9 Å². The van der Waals surface area contributed by atoms with Gasteiger partial charge in [0.15, 0.2) is 0 Å². The molecule has 1 aliphatic rings. The van der Waals surface area contributed by atoms with Gasteiger partial charge in [0.2, 0.25) is 5.56 Å². The molecule has 1 atom stereocenters. The number of hydrogen-bond acceptors (Lipinski definition) is 2. The fourth-order valence-corrected chi connectivity index (χ4v) is 3.28. The van der Waals surface area contributed by atoms with Gasteiger partial charge in [-0.3, -0.25) is 4.79 Å². The summed E-state index contributed by atoms with van der Waals surface area (Å²) in [5, 5.41) is 3.46. The Morgan fingerprint density at radius 2 is 2.15 bits per heavy atom. The average molecular weight is 384 g/mol. The third kappa shape index (κ3) is 2.72. The molecule has 0 radical (unpaired) electrons. The number of rotatable bonds is 2. The van der Waals surface area contributed by atoms with Crippen molar-refractivity contribution in [2.45, 2.75) is 25.3 Å². The molecule has 104 valence electrons. The van der Waals surface area contributed by atoms with Gasteiger partial charge in [-0.2, -0.15) is 0 Å². The van der Waals surface area contributed by atoms with Gasteiger partial charge in [-0.25, -0.2) is 4.39 Å². The van der Waals surface area contributed by atoms with E-state index in [1.165, 1.54) is 12.1 Å². The number of halogens is 2. The Bertz CT molecular complexity index is 699. The van der Waals surface area contributed by atoms with Gasteiger partial charge in [0.1, 0.15) is 5.82 Å². The van der Waals surface area contributed by atoms with Crippen LogP contribution in [-0.4, -0.2) is 4.98 Å². The van der Waals surface area contributed by atoms with Gasteiger partial charge in [0, 0.05) is 21.0 Å². The summed E-state index contributed by atoms with van der Waals surface area (Å²) in [5.41, 5.74) is 3.02. The molecule has 2 N–H and O–H groups in total. The van der Waals surface area contributed by atoms with Crippen molar-refractivity contribution in [2.75, 3.05) is 5.32 Å². The van der Waals surface area contributed by atoms with Gasteiger partial charge in [0.25, 0.3) is 0 Å². The summed E-state index contributed by atoms with van der Waals surface area (Å²) in [6, 6.07) is 8.35. The molecule has 1 aromatic heterocycles. The average Bonchev–Trinajstić information content (AvgIpc) is 2.41. The number of pyridine rings is 1. The second-order valence-electron chi connectivity index (χ2n) is 4.97. The molecule has 20 heavy (non-hydrogen) atoms. The zero-order chi connectivity index (χ0) is 14.1. The molecular formula is C15H14FIN2O. The van der Waals surface area contributed by atoms with Crippen LogP contribution in [0.5, 0.6) is 0 Å². The predicted molar refractivity (Wildman–Crippen MR) is 85.5 cm³/mol. The number of fused-ring (bicyclic) bond motifs is 1. The van der Waals surface area contributed by atoms with E-state index in [0.29, 0.717) is 0 Å². The van der Waals surface area contributed by atoms with Crippen molar-refractivity contribution in [3.63, 3.8) is 0 Å². The highest BCUT2D eigenvalue weighted by molar-refractivity contribution is 14.1. The maximum Gasteiger partial charge on any atom is 0.248 e. The molecule has 2 aromatic rings. The van der Waals surface area contributed by atoms with Gasteiger partial charge < -0.3 is 10.3 Å². The predicted octanol–water partition coefficient (Wildman–Crippen LogP) is 3.61. The molecule has 1 aromatic carbocycles. The van der Waals surface area contributed by atoms with Crippen LogP contribution in [0.2, 0.25) is 0 Å². The van der Waals surface area contributed by atoms with Crippen LogP contribution >= 0.6 is 22.6 Å². The summed E-state index contributed by atoms with van der Waals surface area (Å²) in [6.07, 6.45) is 2.94. The van der Waals surface area contributed by atoms with Crippen LogP contribution in [0.3, 0.4) is 0 Å². The van der Waals surface area contributed by atoms with Crippen molar-refractivity contribution in [1.29, 1.82) is 0 Å². The number of benzene rings is 1. The van der Waals surface area contributed by atoms with Crippen molar-refractivity contribution < 1.29 is 4.39 Å². The molecule has 0 fully saturated rings. The van der Waals surface area contributed by atoms with Gasteiger partial charge in [-0.15, -0.1) is 0 Å². The quantitative estimate of drug-likeness (QED) is 0.778. The Hall–Kier alpha value is -1.37. The van der Waals surface area contributed by atoms with Crippen LogP contribution in [0.1, 0.15) is 30.1 Å². The van der Waals surface area contributed by atoms with Gasteiger partial charge in [-0.05, 0) is 71.7 Å². The minimum absolute atomic E-state index is 0.0548. The van der Waals surface area contributed by atoms with E-state index in [9.17, 15) is 9.18 Å². The van der Waals surface area contributed by atoms with E-state index in [-0.39, 0.29) is 17.4 Å². The molecular weight excluding hydrogens is 370 g/mol. The Morgan fingerprint density at radius 3 is 2.95 bits per heavy atom. The largest absolute Gasteiger partial charge is 0.377 e. The number of aromatic amines is 1. The molecule has 0 saturated carbocycles. The van der Waals surface area contributed by atoms with Crippen molar-refractivity contribution in [2.24, 2.45) is 0 Å². The highest BCUT2D eigenvalue weighted by Crippen LogP contribution is 2.32. The fourth-order valence-electron chi connectivity index (χ4n) is 2.64. The molecule has 0 aliphatic heterocycles. The maximum absolute atomic E-state index is 13.1. The molecule has 3 rings (SSSR count). The monoisotopic (exact) mass is 384 g/mol. The lowest BCUT2D eigenvalue weighted by Gasteiger charge is -2.27. The third-order valence-corrected chi connectivity index (χ3v) is 4.49. The number of anilines is 1. The van der Waals surface area contributed by atoms with Crippen molar-refractivity contribution in [3.05, 3.63) is 61.3 Å². The van der Waals surface area contributed by atoms with E-state index >= 15 is 0 Å². The van der Waals surface area contributed by atoms with E-state index in [1.54, 1.807) is 12.1 Å². The summed E-state index contributed by atoms with van der Waals surface area (Å²) in [4.78, 5) is 14.3. The van der Waals surface area contributed by atoms with Crippen LogP contribution in [0, 0.1) is 9.39 Å². The van der Waals surface area contributed by atoms with Crippen LogP contribution in [0.25, 0.3) is 0 Å². The summed E-state index contributed by atoms with van der Waals surface area (Å²) in [6.45, 7) is 0. The molecule has 5 heteroatoms. The lowest BCUT2D eigenvalue weighted by atomic mass is 9.91. The van der Waals surface area contributed by atoms with Crippen molar-refractivity contribution in [3.8, 4) is 0 Å². The number of nitrogens with one attached hydrogen (secondary N) is 2. The van der Waals surface area contributed by atoms with Crippen molar-refractivity contribution >= 4 is 28.3 Å². The second-order valence-corrected chi connectivity index (χ2v) is 6.13. The van der Waals surface area contributed by atoms with Gasteiger partial charge in [-0.1, -0.05) is 0 Å². The van der Waals surface area contributed by atoms with E-state index in [2.05, 4.69) is 32.9 Å². The molecule has 0 spiro atoms. The molecule has 1 aliphatic carbocycles. The van der Waals surface area contributed by atoms with Crippen molar-refractivity contribution in [1.82, 2.24) is 4.98 Å². The third-order valence-electron chi connectivity index (χ3n) is 3.59. The first-order valence-corrected chi connectivity index (χ1v) is 7.65. The number of aromatic nitrogens is 1. The van der Waals surface area contributed by atoms with Crippen LogP contribution in [0.4, 0.5) is 10.1 Å². The first kappa shape index (κ1) is 13.6. The fraction of sp³-hybridized carbons (Fsp3) is 0.267. The molecule has 0 bridgehead atoms. The lowest BCUT2D eigenvalue weighted by Crippen LogP contribution is -2.21. The van der Waals surface area contributed by atoms with Gasteiger partial charge in [0.05, 0.1) is 6.04 Å². The normalized spacial score (nSPS) is 17.6. The van der Waals surface area contributed by atoms with E-state index in [1.807, 2.05) is 6.07 Å². The van der Waals surface area contributed by atoms with Crippen LogP contribution < -0.4 is 10.9 Å². The highest BCUT2D eigenvalue weighted by Gasteiger charge is 2.21. The van der Waals surface area contributed by atoms with E-state index in [0.717, 1.165) is 39.8 Å². The minimum Gasteiger partial charge on any atom is -0.377 e. The first-order chi connectivity index (χ1) is 9.63. The number of H-pyrrole nitrogens is 1. The van der Waals surface area contributed by atoms with Crippen LogP contribution in [-0.2, 0) is 6.42 Å². The summed E-state index contributed by atoms with van der Waals surface area (Å²) >= 11 is 2.13. The smallest absolute Gasteiger partial charge is 0.248 e. The first-order valence-electron chi connectivity index (χ1n) is 6.57. The van der Waals surface area contributed by atoms with Crippen LogP contribution in [0.15, 0.2) is 35.1 Å². The summed E-state index contributed by atoms with van der Waals surface area (Å²) in [5.74, 6) is -0.228. The maximum atomic E-state index is 13.1. The van der Waals surface area contributed by atoms with E-state index < -0.39 is 0 Å². The molecule has 1 unspecified atom stereocenters. The Labute approximate surface area is 129 Å². The summed E-state index contributed by atoms with van der Waals surface area (Å²) < 4.78 is 14.0. The second kappa shape index (κ2) is 5.55. The number of hydrogen-bond donors (Lipinski definition) is 2. The lowest BCUT2D eigenvalue weighted by molar-refractivity contribution is 0.586. The summed E-state index contributed by atoms with van der Waals surface area (Å²) in [7, 11) is 0. The molecule has 0 saturated heterocycles. The minimum atomic E-state index is -0.228. The van der Waals surface area contributed by atoms with E-state index in [4.69, 9.17) is 0 Å². The number of aryl methyl sites for hydroxylation is 1. The standard InChI is InChI=1S/C15H14FIN2O/c16-9-4-6-14(11(17)8-9)18-12-2-1-3-13-10(12)5-7-15(20)19-13/h4-8,12,18H,1-3H2,(H,19,20). The molecule has 0 amide bonds. The zero-order valence-electron chi connectivity index (χ0n) is 10.7. The molecule has 1 heterocycles. The Morgan fingerprint density at radius 1 is 1.30 bits per heavy atom. The Balaban J connectivity index is 1.91. The SMILES string of the molecule is O=c1ccc2c([nH]1)CCCC2Nc1ccc(F)cc1I. The Kier molecular flexibility index (Phi) is 3.78. The molecule has 3 nitrogen and oxygen atoms in total.